The Morgan fingerprint density at radius 3 is 1.30 bits per heavy atom. The smallest absolute Gasteiger partial charge is 0.462 e. The number of hydrogen-bond acceptors (Lipinski definition) is 12. The van der Waals surface area contributed by atoms with E-state index in [1.54, 1.807) is 0 Å². The Labute approximate surface area is 387 Å². The zero-order chi connectivity index (χ0) is 47.1. The summed E-state index contributed by atoms with van der Waals surface area (Å²) in [5.41, 5.74) is 0. The highest BCUT2D eigenvalue weighted by Crippen LogP contribution is 2.47. The molecule has 0 radical (unpaired) electrons. The molecular weight excluding hydrogens is 840 g/mol. The van der Waals surface area contributed by atoms with Crippen LogP contribution in [0.2, 0.25) is 0 Å². The van der Waals surface area contributed by atoms with Crippen molar-refractivity contribution in [1.29, 1.82) is 0 Å². The maximum atomic E-state index is 12.8. The molecule has 0 spiro atoms. The van der Waals surface area contributed by atoms with Gasteiger partial charge in [-0.1, -0.05) is 192 Å². The van der Waals surface area contributed by atoms with E-state index in [1.165, 1.54) is 122 Å². The largest absolute Gasteiger partial charge is 0.472 e. The van der Waals surface area contributed by atoms with Gasteiger partial charge in [-0.05, 0) is 44.9 Å². The third-order valence-electron chi connectivity index (χ3n) is 12.0. The Morgan fingerprint density at radius 2 is 0.844 bits per heavy atom. The highest BCUT2D eigenvalue weighted by Gasteiger charge is 2.51. The predicted octanol–water partition coefficient (Wildman–Crippen LogP) is 10.8. The third-order valence-corrected chi connectivity index (χ3v) is 13.0. The first-order valence-electron chi connectivity index (χ1n) is 25.6. The summed E-state index contributed by atoms with van der Waals surface area (Å²) < 4.78 is 33.6. The molecule has 0 heterocycles. The number of carbonyl (C=O) groups excluding carboxylic acids is 2. The van der Waals surface area contributed by atoms with Gasteiger partial charge in [0.2, 0.25) is 0 Å². The van der Waals surface area contributed by atoms with Gasteiger partial charge in [0, 0.05) is 12.8 Å². The lowest BCUT2D eigenvalue weighted by Gasteiger charge is -2.41. The average Bonchev–Trinajstić information content (AvgIpc) is 3.28. The van der Waals surface area contributed by atoms with E-state index >= 15 is 0 Å². The molecule has 1 aliphatic carbocycles. The van der Waals surface area contributed by atoms with Crippen molar-refractivity contribution in [3.8, 4) is 0 Å². The van der Waals surface area contributed by atoms with Crippen molar-refractivity contribution >= 4 is 19.8 Å². The summed E-state index contributed by atoms with van der Waals surface area (Å²) in [5.74, 6) is -1.10. The van der Waals surface area contributed by atoms with Crippen molar-refractivity contribution in [1.82, 2.24) is 0 Å². The fraction of sp³-hybridized carbons (Fsp3) is 0.880. The van der Waals surface area contributed by atoms with Crippen LogP contribution in [0.15, 0.2) is 24.3 Å². The highest BCUT2D eigenvalue weighted by atomic mass is 31.2. The van der Waals surface area contributed by atoms with Crippen molar-refractivity contribution in [3.05, 3.63) is 24.3 Å². The maximum absolute atomic E-state index is 12.8. The second kappa shape index (κ2) is 40.4. The summed E-state index contributed by atoms with van der Waals surface area (Å²) in [5, 5.41) is 50.2. The molecule has 1 rings (SSSR count). The summed E-state index contributed by atoms with van der Waals surface area (Å²) in [4.78, 5) is 35.8. The summed E-state index contributed by atoms with van der Waals surface area (Å²) in [7, 11) is -5.12. The van der Waals surface area contributed by atoms with E-state index in [4.69, 9.17) is 18.5 Å². The van der Waals surface area contributed by atoms with Crippen LogP contribution in [0, 0.1) is 0 Å². The predicted molar refractivity (Wildman–Crippen MR) is 254 cm³/mol. The molecule has 6 N–H and O–H groups in total. The third kappa shape index (κ3) is 32.1. The van der Waals surface area contributed by atoms with Gasteiger partial charge in [0.1, 0.15) is 43.2 Å². The molecule has 0 bridgehead atoms. The van der Waals surface area contributed by atoms with Gasteiger partial charge in [-0.15, -0.1) is 0 Å². The van der Waals surface area contributed by atoms with Gasteiger partial charge < -0.3 is 39.9 Å². The van der Waals surface area contributed by atoms with Crippen molar-refractivity contribution in [2.24, 2.45) is 0 Å². The lowest BCUT2D eigenvalue weighted by molar-refractivity contribution is -0.220. The number of ether oxygens (including phenoxy) is 2. The highest BCUT2D eigenvalue weighted by molar-refractivity contribution is 7.47. The van der Waals surface area contributed by atoms with Crippen molar-refractivity contribution in [3.63, 3.8) is 0 Å². The Kier molecular flexibility index (Phi) is 38.1. The van der Waals surface area contributed by atoms with E-state index in [2.05, 4.69) is 38.2 Å². The molecule has 8 atom stereocenters. The molecule has 376 valence electrons. The zero-order valence-electron chi connectivity index (χ0n) is 40.1. The zero-order valence-corrected chi connectivity index (χ0v) is 41.0. The van der Waals surface area contributed by atoms with Gasteiger partial charge >= 0.3 is 19.8 Å². The molecule has 0 aromatic heterocycles. The molecule has 0 saturated heterocycles. The fourth-order valence-corrected chi connectivity index (χ4v) is 8.88. The second-order valence-electron chi connectivity index (χ2n) is 18.0. The molecule has 1 aliphatic rings. The lowest BCUT2D eigenvalue weighted by Crippen LogP contribution is -2.64. The molecule has 0 aliphatic heterocycles. The van der Waals surface area contributed by atoms with Gasteiger partial charge in [0.15, 0.2) is 6.10 Å². The minimum Gasteiger partial charge on any atom is -0.462 e. The number of hydrogen-bond donors (Lipinski definition) is 6. The minimum absolute atomic E-state index is 0.0835. The van der Waals surface area contributed by atoms with E-state index in [1.807, 2.05) is 0 Å². The quantitative estimate of drug-likeness (QED) is 0.0146. The molecule has 1 fully saturated rings. The number of unbranched alkanes of at least 4 members (excludes halogenated alkanes) is 27. The van der Waals surface area contributed by atoms with E-state index in [0.29, 0.717) is 12.8 Å². The van der Waals surface area contributed by atoms with Crippen LogP contribution in [-0.2, 0) is 32.7 Å². The number of esters is 2. The van der Waals surface area contributed by atoms with Gasteiger partial charge in [-0.25, -0.2) is 4.57 Å². The minimum atomic E-state index is -5.12. The molecule has 0 amide bonds. The van der Waals surface area contributed by atoms with Crippen LogP contribution in [0.1, 0.15) is 226 Å². The van der Waals surface area contributed by atoms with Crippen molar-refractivity contribution in [2.45, 2.75) is 268 Å². The fourth-order valence-electron chi connectivity index (χ4n) is 7.91. The maximum Gasteiger partial charge on any atom is 0.472 e. The van der Waals surface area contributed by atoms with Crippen LogP contribution >= 0.6 is 7.82 Å². The van der Waals surface area contributed by atoms with Crippen LogP contribution in [0.25, 0.3) is 0 Å². The standard InChI is InChI=1S/C50H93O13P/c1-3-5-7-9-11-13-15-17-19-20-21-22-23-25-26-28-30-32-34-36-38-43(51)60-40-42(41-61-64(58,59)63-50-48(56)46(54)45(53)47(55)49(50)57)62-44(52)39-37-35-33-31-29-27-24-18-16-14-12-10-8-6-4-2/h12,14,18,24,42,45-50,53-57H,3-11,13,15-17,19-23,25-41H2,1-2H3,(H,58,59)/b14-12+,24-18+/t42-,45?,46-,47?,48?,49?,50?/m0/s1. The molecule has 6 unspecified atom stereocenters. The average molecular weight is 933 g/mol. The Bertz CT molecular complexity index is 1220. The first kappa shape index (κ1) is 60.3. The summed E-state index contributed by atoms with van der Waals surface area (Å²) in [6, 6.07) is 0. The van der Waals surface area contributed by atoms with Crippen LogP contribution in [0.4, 0.5) is 0 Å². The number of phosphoric ester groups is 1. The molecular formula is C50H93O13P. The lowest BCUT2D eigenvalue weighted by atomic mass is 9.85. The summed E-state index contributed by atoms with van der Waals surface area (Å²) in [6.45, 7) is 3.29. The van der Waals surface area contributed by atoms with Crippen LogP contribution in [0.3, 0.4) is 0 Å². The molecule has 14 heteroatoms. The molecule has 0 aromatic carbocycles. The first-order chi connectivity index (χ1) is 30.9. The van der Waals surface area contributed by atoms with Crippen LogP contribution in [0.5, 0.6) is 0 Å². The van der Waals surface area contributed by atoms with Crippen LogP contribution in [-0.4, -0.2) is 98.3 Å². The van der Waals surface area contributed by atoms with Gasteiger partial charge in [0.25, 0.3) is 0 Å². The molecule has 1 saturated carbocycles. The Balaban J connectivity index is 2.38. The Morgan fingerprint density at radius 1 is 0.484 bits per heavy atom. The molecule has 64 heavy (non-hydrogen) atoms. The van der Waals surface area contributed by atoms with Crippen molar-refractivity contribution < 1.29 is 63.1 Å². The first-order valence-corrected chi connectivity index (χ1v) is 27.1. The van der Waals surface area contributed by atoms with Gasteiger partial charge in [-0.3, -0.25) is 18.6 Å². The number of allylic oxidation sites excluding steroid dienone is 4. The van der Waals surface area contributed by atoms with E-state index in [0.717, 1.165) is 64.2 Å². The summed E-state index contributed by atoms with van der Waals surface area (Å²) in [6.07, 6.45) is 32.3. The molecule has 0 aromatic rings. The number of aliphatic hydroxyl groups excluding tert-OH is 5. The SMILES string of the molecule is CCCCC/C=C/C/C=C/CCCCCCCC(=O)O[C@@H](COC(=O)CCCCCCCCCCCCCCCCCCCCCC)COP(=O)(O)OC1C(O)C(O)C(O)[C@H](O)C1O. The van der Waals surface area contributed by atoms with E-state index in [-0.39, 0.29) is 12.8 Å². The Hall–Kier alpha value is -1.67. The number of rotatable bonds is 43. The van der Waals surface area contributed by atoms with Crippen LogP contribution < -0.4 is 0 Å². The topological polar surface area (TPSA) is 210 Å². The molecule has 13 nitrogen and oxygen atoms in total. The number of phosphoric acid groups is 1. The monoisotopic (exact) mass is 933 g/mol. The van der Waals surface area contributed by atoms with Crippen molar-refractivity contribution in [2.75, 3.05) is 13.2 Å². The second-order valence-corrected chi connectivity index (χ2v) is 19.4. The number of carbonyl (C=O) groups is 2. The summed E-state index contributed by atoms with van der Waals surface area (Å²) >= 11 is 0. The normalized spacial score (nSPS) is 21.7. The van der Waals surface area contributed by atoms with E-state index < -0.39 is 75.7 Å². The number of aliphatic hydroxyl groups is 5. The van der Waals surface area contributed by atoms with Gasteiger partial charge in [0.05, 0.1) is 6.61 Å². The van der Waals surface area contributed by atoms with E-state index in [9.17, 15) is 44.6 Å². The van der Waals surface area contributed by atoms with Gasteiger partial charge in [-0.2, -0.15) is 0 Å².